The van der Waals surface area contributed by atoms with Crippen molar-refractivity contribution in [3.05, 3.63) is 33.8 Å². The largest absolute Gasteiger partial charge is 0.417 e. The van der Waals surface area contributed by atoms with Crippen LogP contribution in [0.25, 0.3) is 0 Å². The van der Waals surface area contributed by atoms with Gasteiger partial charge in [-0.2, -0.15) is 13.2 Å². The number of rotatable bonds is 4. The zero-order chi connectivity index (χ0) is 14.6. The number of aliphatic hydroxyl groups is 1. The highest BCUT2D eigenvalue weighted by Crippen LogP contribution is 2.33. The Labute approximate surface area is 116 Å². The number of amides is 1. The summed E-state index contributed by atoms with van der Waals surface area (Å²) in [5.41, 5.74) is -1.46. The molecule has 0 fully saturated rings. The van der Waals surface area contributed by atoms with Crippen molar-refractivity contribution in [1.82, 2.24) is 5.32 Å². The van der Waals surface area contributed by atoms with E-state index in [1.807, 2.05) is 0 Å². The highest BCUT2D eigenvalue weighted by atomic mass is 79.9. The van der Waals surface area contributed by atoms with Gasteiger partial charge in [0.05, 0.1) is 23.8 Å². The van der Waals surface area contributed by atoms with Crippen LogP contribution < -0.4 is 5.32 Å². The zero-order valence-electron chi connectivity index (χ0n) is 10.1. The van der Waals surface area contributed by atoms with Crippen LogP contribution in [0.5, 0.6) is 0 Å². The second-order valence-electron chi connectivity index (χ2n) is 3.95. The van der Waals surface area contributed by atoms with Gasteiger partial charge in [0.25, 0.3) is 5.91 Å². The zero-order valence-corrected chi connectivity index (χ0v) is 11.7. The molecule has 1 aromatic carbocycles. The molecular formula is C12H13BrF3NO2. The Morgan fingerprint density at radius 1 is 1.47 bits per heavy atom. The molecule has 0 heterocycles. The molecule has 3 nitrogen and oxygen atoms in total. The summed E-state index contributed by atoms with van der Waals surface area (Å²) in [6.07, 6.45) is -4.18. The summed E-state index contributed by atoms with van der Waals surface area (Å²) in [6, 6.07) is 2.77. The fraction of sp³-hybridized carbons (Fsp3) is 0.417. The van der Waals surface area contributed by atoms with E-state index in [9.17, 15) is 18.0 Å². The Kier molecular flexibility index (Phi) is 5.37. The SMILES string of the molecule is CC[C@@H](CO)NC(=O)c1ccc(Br)cc1C(F)(F)F. The lowest BCUT2D eigenvalue weighted by atomic mass is 10.1. The molecule has 0 aliphatic rings. The minimum absolute atomic E-state index is 0.241. The molecule has 0 saturated heterocycles. The molecule has 1 atom stereocenters. The second-order valence-corrected chi connectivity index (χ2v) is 4.86. The quantitative estimate of drug-likeness (QED) is 0.885. The highest BCUT2D eigenvalue weighted by molar-refractivity contribution is 9.10. The van der Waals surface area contributed by atoms with Gasteiger partial charge in [0, 0.05) is 4.47 Å². The van der Waals surface area contributed by atoms with E-state index in [1.165, 1.54) is 6.07 Å². The van der Waals surface area contributed by atoms with Gasteiger partial charge in [-0.15, -0.1) is 0 Å². The van der Waals surface area contributed by atoms with Gasteiger partial charge < -0.3 is 10.4 Å². The van der Waals surface area contributed by atoms with Gasteiger partial charge in [0.1, 0.15) is 0 Å². The summed E-state index contributed by atoms with van der Waals surface area (Å²) in [6.45, 7) is 1.40. The van der Waals surface area contributed by atoms with Gasteiger partial charge in [-0.25, -0.2) is 0 Å². The first-order chi connectivity index (χ1) is 8.79. The Bertz CT molecular complexity index is 459. The van der Waals surface area contributed by atoms with Crippen LogP contribution in [0.15, 0.2) is 22.7 Å². The van der Waals surface area contributed by atoms with E-state index in [4.69, 9.17) is 5.11 Å². The van der Waals surface area contributed by atoms with E-state index >= 15 is 0 Å². The number of hydrogen-bond acceptors (Lipinski definition) is 2. The van der Waals surface area contributed by atoms with Crippen molar-refractivity contribution in [1.29, 1.82) is 0 Å². The predicted molar refractivity (Wildman–Crippen MR) is 67.8 cm³/mol. The molecule has 2 N–H and O–H groups in total. The standard InChI is InChI=1S/C12H13BrF3NO2/c1-2-8(6-18)17-11(19)9-4-3-7(13)5-10(9)12(14,15)16/h3-5,8,18H,2,6H2,1H3,(H,17,19)/t8-/m0/s1. The van der Waals surface area contributed by atoms with Crippen molar-refractivity contribution in [3.8, 4) is 0 Å². The van der Waals surface area contributed by atoms with Gasteiger partial charge in [0.15, 0.2) is 0 Å². The third-order valence-electron chi connectivity index (χ3n) is 2.58. The number of carbonyl (C=O) groups is 1. The summed E-state index contributed by atoms with van der Waals surface area (Å²) in [4.78, 5) is 11.8. The third-order valence-corrected chi connectivity index (χ3v) is 3.07. The van der Waals surface area contributed by atoms with E-state index in [1.54, 1.807) is 6.92 Å². The average molecular weight is 340 g/mol. The maximum atomic E-state index is 12.8. The van der Waals surface area contributed by atoms with Crippen molar-refractivity contribution in [2.75, 3.05) is 6.61 Å². The van der Waals surface area contributed by atoms with Crippen LogP contribution in [-0.4, -0.2) is 23.7 Å². The van der Waals surface area contributed by atoms with Crippen LogP contribution in [0.4, 0.5) is 13.2 Å². The third kappa shape index (κ3) is 4.21. The van der Waals surface area contributed by atoms with Crippen LogP contribution in [0.2, 0.25) is 0 Å². The van der Waals surface area contributed by atoms with Gasteiger partial charge in [0.2, 0.25) is 0 Å². The molecule has 0 aliphatic heterocycles. The summed E-state index contributed by atoms with van der Waals surface area (Å²) >= 11 is 2.94. The van der Waals surface area contributed by atoms with Crippen molar-refractivity contribution in [2.45, 2.75) is 25.6 Å². The summed E-state index contributed by atoms with van der Waals surface area (Å²) < 4.78 is 38.8. The predicted octanol–water partition coefficient (Wildman–Crippen LogP) is 2.97. The molecule has 1 amide bonds. The number of alkyl halides is 3. The van der Waals surface area contributed by atoms with Gasteiger partial charge in [-0.3, -0.25) is 4.79 Å². The monoisotopic (exact) mass is 339 g/mol. The molecule has 0 aromatic heterocycles. The van der Waals surface area contributed by atoms with E-state index < -0.39 is 29.3 Å². The molecule has 19 heavy (non-hydrogen) atoms. The van der Waals surface area contributed by atoms with Crippen LogP contribution in [0, 0.1) is 0 Å². The lowest BCUT2D eigenvalue weighted by Crippen LogP contribution is -2.37. The van der Waals surface area contributed by atoms with Crippen LogP contribution in [0.3, 0.4) is 0 Å². The minimum atomic E-state index is -4.61. The van der Waals surface area contributed by atoms with Crippen molar-refractivity contribution in [3.63, 3.8) is 0 Å². The lowest BCUT2D eigenvalue weighted by Gasteiger charge is -2.17. The maximum absolute atomic E-state index is 12.8. The molecule has 0 aliphatic carbocycles. The lowest BCUT2D eigenvalue weighted by molar-refractivity contribution is -0.138. The molecule has 0 unspecified atom stereocenters. The van der Waals surface area contributed by atoms with Crippen molar-refractivity contribution < 1.29 is 23.1 Å². The normalized spacial score (nSPS) is 13.2. The van der Waals surface area contributed by atoms with E-state index in [0.717, 1.165) is 12.1 Å². The van der Waals surface area contributed by atoms with Crippen molar-refractivity contribution >= 4 is 21.8 Å². The molecule has 0 bridgehead atoms. The topological polar surface area (TPSA) is 49.3 Å². The van der Waals surface area contributed by atoms with Crippen LogP contribution in [-0.2, 0) is 6.18 Å². The van der Waals surface area contributed by atoms with Gasteiger partial charge in [-0.05, 0) is 24.6 Å². The average Bonchev–Trinajstić information content (AvgIpc) is 2.34. The van der Waals surface area contributed by atoms with E-state index in [0.29, 0.717) is 6.42 Å². The van der Waals surface area contributed by atoms with E-state index in [2.05, 4.69) is 21.2 Å². The highest BCUT2D eigenvalue weighted by Gasteiger charge is 2.35. The second kappa shape index (κ2) is 6.38. The first-order valence-corrected chi connectivity index (χ1v) is 6.37. The van der Waals surface area contributed by atoms with Gasteiger partial charge >= 0.3 is 6.18 Å². The molecule has 0 radical (unpaired) electrons. The number of nitrogens with one attached hydrogen (secondary N) is 1. The van der Waals surface area contributed by atoms with Crippen LogP contribution >= 0.6 is 15.9 Å². The number of hydrogen-bond donors (Lipinski definition) is 2. The smallest absolute Gasteiger partial charge is 0.394 e. The fourth-order valence-electron chi connectivity index (χ4n) is 1.49. The van der Waals surface area contributed by atoms with Crippen LogP contribution in [0.1, 0.15) is 29.3 Å². The number of carbonyl (C=O) groups excluding carboxylic acids is 1. The minimum Gasteiger partial charge on any atom is -0.394 e. The molecule has 1 aromatic rings. The Morgan fingerprint density at radius 3 is 2.58 bits per heavy atom. The Hall–Kier alpha value is -1.08. The molecule has 0 saturated carbocycles. The Balaban J connectivity index is 3.09. The fourth-order valence-corrected chi connectivity index (χ4v) is 1.85. The van der Waals surface area contributed by atoms with E-state index in [-0.39, 0.29) is 11.1 Å². The molecule has 0 spiro atoms. The maximum Gasteiger partial charge on any atom is 0.417 e. The summed E-state index contributed by atoms with van der Waals surface area (Å²) in [5, 5.41) is 11.3. The number of halogens is 4. The summed E-state index contributed by atoms with van der Waals surface area (Å²) in [7, 11) is 0. The molecule has 106 valence electrons. The molecular weight excluding hydrogens is 327 g/mol. The summed E-state index contributed by atoms with van der Waals surface area (Å²) in [5.74, 6) is -0.847. The van der Waals surface area contributed by atoms with Crippen molar-refractivity contribution in [2.24, 2.45) is 0 Å². The first-order valence-electron chi connectivity index (χ1n) is 5.58. The molecule has 1 rings (SSSR count). The first kappa shape index (κ1) is 16.0. The number of benzene rings is 1. The Morgan fingerprint density at radius 2 is 2.11 bits per heavy atom. The van der Waals surface area contributed by atoms with Gasteiger partial charge in [-0.1, -0.05) is 22.9 Å². The number of aliphatic hydroxyl groups excluding tert-OH is 1. The molecule has 7 heteroatoms.